The highest BCUT2D eigenvalue weighted by Gasteiger charge is 2.48. The summed E-state index contributed by atoms with van der Waals surface area (Å²) >= 11 is 0. The van der Waals surface area contributed by atoms with E-state index in [0.29, 0.717) is 24.2 Å². The van der Waals surface area contributed by atoms with Gasteiger partial charge in [-0.1, -0.05) is 13.8 Å². The predicted octanol–water partition coefficient (Wildman–Crippen LogP) is 4.18. The first-order valence-corrected chi connectivity index (χ1v) is 11.1. The number of anilines is 2. The summed E-state index contributed by atoms with van der Waals surface area (Å²) in [5, 5.41) is 24.7. The quantitative estimate of drug-likeness (QED) is 0.460. The molecule has 35 heavy (non-hydrogen) atoms. The van der Waals surface area contributed by atoms with Gasteiger partial charge in [0.1, 0.15) is 12.2 Å². The molecular formula is C23H23N5O7. The molecule has 1 fully saturated rings. The molecule has 2 heterocycles. The van der Waals surface area contributed by atoms with Crippen LogP contribution >= 0.6 is 0 Å². The SMILES string of the molecule is CC[C@@H]1COC2=C(C(=O)Nc3ccc([N+](=O)[O-])cc3)[C@@H](CC)N(c3ccc([N+](=O)[O-])cc3)C(=O)N21. The van der Waals surface area contributed by atoms with Gasteiger partial charge in [-0.05, 0) is 37.1 Å². The van der Waals surface area contributed by atoms with Crippen molar-refractivity contribution in [3.63, 3.8) is 0 Å². The zero-order valence-corrected chi connectivity index (χ0v) is 19.0. The highest BCUT2D eigenvalue weighted by atomic mass is 16.6. The molecule has 12 heteroatoms. The molecule has 0 spiro atoms. The highest BCUT2D eigenvalue weighted by molar-refractivity contribution is 6.09. The lowest BCUT2D eigenvalue weighted by Crippen LogP contribution is -2.56. The average Bonchev–Trinajstić information content (AvgIpc) is 3.28. The Morgan fingerprint density at radius 3 is 2.06 bits per heavy atom. The highest BCUT2D eigenvalue weighted by Crippen LogP contribution is 2.38. The van der Waals surface area contributed by atoms with Crippen molar-refractivity contribution < 1.29 is 24.2 Å². The van der Waals surface area contributed by atoms with E-state index in [1.165, 1.54) is 58.3 Å². The lowest BCUT2D eigenvalue weighted by atomic mass is 9.98. The summed E-state index contributed by atoms with van der Waals surface area (Å²) in [4.78, 5) is 50.9. The molecule has 2 aliphatic rings. The molecule has 2 aromatic carbocycles. The third-order valence-electron chi connectivity index (χ3n) is 6.06. The second-order valence-corrected chi connectivity index (χ2v) is 8.07. The van der Waals surface area contributed by atoms with Crippen molar-refractivity contribution in [3.05, 3.63) is 80.2 Å². The third-order valence-corrected chi connectivity index (χ3v) is 6.06. The molecule has 0 radical (unpaired) electrons. The Morgan fingerprint density at radius 2 is 1.54 bits per heavy atom. The Kier molecular flexibility index (Phi) is 6.36. The Morgan fingerprint density at radius 1 is 0.971 bits per heavy atom. The minimum absolute atomic E-state index is 0.111. The second kappa shape index (κ2) is 9.41. The van der Waals surface area contributed by atoms with E-state index >= 15 is 0 Å². The van der Waals surface area contributed by atoms with Gasteiger partial charge in [-0.25, -0.2) is 4.79 Å². The number of hydrogen-bond acceptors (Lipinski definition) is 7. The Labute approximate surface area is 200 Å². The first-order valence-electron chi connectivity index (χ1n) is 11.1. The number of hydrogen-bond donors (Lipinski definition) is 1. The number of amides is 3. The third kappa shape index (κ3) is 4.25. The van der Waals surface area contributed by atoms with E-state index in [0.717, 1.165) is 0 Å². The van der Waals surface area contributed by atoms with Gasteiger partial charge in [0, 0.05) is 35.6 Å². The van der Waals surface area contributed by atoms with Crippen LogP contribution in [0.5, 0.6) is 0 Å². The standard InChI is InChI=1S/C23H23N5O7/c1-3-15-13-35-22-20(21(29)24-14-5-7-17(8-6-14)27(31)32)19(4-2)25(23(30)26(15)22)16-9-11-18(12-10-16)28(33)34/h5-12,15,19H,3-4,13H2,1-2H3,(H,24,29)/t15-,19-/m1/s1. The molecule has 2 aliphatic heterocycles. The lowest BCUT2D eigenvalue weighted by Gasteiger charge is -2.41. The van der Waals surface area contributed by atoms with Crippen LogP contribution in [0.2, 0.25) is 0 Å². The molecule has 0 aliphatic carbocycles. The lowest BCUT2D eigenvalue weighted by molar-refractivity contribution is -0.385. The molecule has 0 unspecified atom stereocenters. The minimum atomic E-state index is -0.705. The number of urea groups is 1. The van der Waals surface area contributed by atoms with Gasteiger partial charge in [0.25, 0.3) is 17.3 Å². The van der Waals surface area contributed by atoms with Crippen LogP contribution in [0.25, 0.3) is 0 Å². The maximum absolute atomic E-state index is 13.6. The van der Waals surface area contributed by atoms with Gasteiger partial charge < -0.3 is 10.1 Å². The number of nitro benzene ring substituents is 2. The van der Waals surface area contributed by atoms with Crippen molar-refractivity contribution in [2.45, 2.75) is 38.8 Å². The molecule has 2 atom stereocenters. The molecule has 12 nitrogen and oxygen atoms in total. The molecule has 0 saturated carbocycles. The first kappa shape index (κ1) is 23.7. The number of fused-ring (bicyclic) bond motifs is 1. The van der Waals surface area contributed by atoms with E-state index in [1.807, 2.05) is 13.8 Å². The van der Waals surface area contributed by atoms with E-state index in [1.54, 1.807) is 0 Å². The van der Waals surface area contributed by atoms with Crippen LogP contribution in [0.3, 0.4) is 0 Å². The van der Waals surface area contributed by atoms with Crippen LogP contribution in [0.1, 0.15) is 26.7 Å². The molecule has 182 valence electrons. The number of nitrogens with zero attached hydrogens (tertiary/aromatic N) is 4. The largest absolute Gasteiger partial charge is 0.476 e. The fraction of sp³-hybridized carbons (Fsp3) is 0.304. The van der Waals surface area contributed by atoms with Crippen LogP contribution in [0, 0.1) is 20.2 Å². The van der Waals surface area contributed by atoms with Gasteiger partial charge >= 0.3 is 6.03 Å². The number of non-ortho nitro benzene ring substituents is 2. The molecule has 4 rings (SSSR count). The zero-order valence-electron chi connectivity index (χ0n) is 19.0. The van der Waals surface area contributed by atoms with E-state index in [2.05, 4.69) is 5.32 Å². The van der Waals surface area contributed by atoms with Gasteiger partial charge in [-0.3, -0.25) is 34.8 Å². The number of benzene rings is 2. The van der Waals surface area contributed by atoms with Crippen molar-refractivity contribution in [1.82, 2.24) is 4.90 Å². The van der Waals surface area contributed by atoms with Gasteiger partial charge in [0.15, 0.2) is 0 Å². The Bertz CT molecular complexity index is 1210. The zero-order chi connectivity index (χ0) is 25.3. The molecule has 1 N–H and O–H groups in total. The van der Waals surface area contributed by atoms with Gasteiger partial charge in [-0.15, -0.1) is 0 Å². The summed E-state index contributed by atoms with van der Waals surface area (Å²) in [7, 11) is 0. The second-order valence-electron chi connectivity index (χ2n) is 8.07. The Hall–Kier alpha value is -4.48. The molecule has 2 aromatic rings. The van der Waals surface area contributed by atoms with Crippen LogP contribution in [0.15, 0.2) is 60.0 Å². The summed E-state index contributed by atoms with van der Waals surface area (Å²) in [5.41, 5.74) is 0.766. The Balaban J connectivity index is 1.74. The predicted molar refractivity (Wildman–Crippen MR) is 126 cm³/mol. The normalized spacial score (nSPS) is 19.3. The number of carbonyl (C=O) groups is 2. The minimum Gasteiger partial charge on any atom is -0.476 e. The number of nitro groups is 2. The number of ether oxygens (including phenoxy) is 1. The van der Waals surface area contributed by atoms with Crippen LogP contribution in [0.4, 0.5) is 27.5 Å². The summed E-state index contributed by atoms with van der Waals surface area (Å²) in [6.45, 7) is 3.96. The number of nitrogens with one attached hydrogen (secondary N) is 1. The van der Waals surface area contributed by atoms with Crippen LogP contribution in [-0.4, -0.2) is 45.4 Å². The molecule has 0 aromatic heterocycles. The smallest absolute Gasteiger partial charge is 0.332 e. The topological polar surface area (TPSA) is 148 Å². The maximum Gasteiger partial charge on any atom is 0.332 e. The van der Waals surface area contributed by atoms with E-state index in [4.69, 9.17) is 4.74 Å². The first-order chi connectivity index (χ1) is 16.8. The van der Waals surface area contributed by atoms with E-state index < -0.39 is 21.8 Å². The van der Waals surface area contributed by atoms with E-state index in [-0.39, 0.29) is 41.5 Å². The molecule has 1 saturated heterocycles. The fourth-order valence-electron chi connectivity index (χ4n) is 4.28. The number of carbonyl (C=O) groups excluding carboxylic acids is 2. The van der Waals surface area contributed by atoms with Crippen molar-refractivity contribution in [2.75, 3.05) is 16.8 Å². The summed E-state index contributed by atoms with van der Waals surface area (Å²) in [6.07, 6.45) is 0.959. The van der Waals surface area contributed by atoms with Crippen molar-refractivity contribution in [1.29, 1.82) is 0 Å². The van der Waals surface area contributed by atoms with Crippen molar-refractivity contribution >= 4 is 34.7 Å². The molecule has 0 bridgehead atoms. The molecule has 3 amide bonds. The van der Waals surface area contributed by atoms with Crippen LogP contribution in [-0.2, 0) is 9.53 Å². The summed E-state index contributed by atoms with van der Waals surface area (Å²) in [5.74, 6) is -0.326. The van der Waals surface area contributed by atoms with Crippen molar-refractivity contribution in [2.24, 2.45) is 0 Å². The average molecular weight is 481 g/mol. The fourth-order valence-corrected chi connectivity index (χ4v) is 4.28. The van der Waals surface area contributed by atoms with Gasteiger partial charge in [0.05, 0.1) is 21.9 Å². The van der Waals surface area contributed by atoms with E-state index in [9.17, 15) is 29.8 Å². The van der Waals surface area contributed by atoms with Gasteiger partial charge in [-0.2, -0.15) is 0 Å². The maximum atomic E-state index is 13.6. The number of rotatable bonds is 7. The monoisotopic (exact) mass is 481 g/mol. The summed E-state index contributed by atoms with van der Waals surface area (Å²) in [6, 6.07) is 9.62. The van der Waals surface area contributed by atoms with Crippen LogP contribution < -0.4 is 10.2 Å². The van der Waals surface area contributed by atoms with Crippen molar-refractivity contribution in [3.8, 4) is 0 Å². The summed E-state index contributed by atoms with van der Waals surface area (Å²) < 4.78 is 5.84. The molecular weight excluding hydrogens is 458 g/mol. The van der Waals surface area contributed by atoms with Gasteiger partial charge in [0.2, 0.25) is 5.88 Å².